The number of anilines is 1. The lowest BCUT2D eigenvalue weighted by atomic mass is 10.2. The van der Waals surface area contributed by atoms with E-state index in [0.717, 1.165) is 22.7 Å². The molecule has 1 unspecified atom stereocenters. The average Bonchev–Trinajstić information content (AvgIpc) is 3.17. The van der Waals surface area contributed by atoms with Crippen LogP contribution in [0.5, 0.6) is 11.5 Å². The molecule has 1 heterocycles. The highest BCUT2D eigenvalue weighted by atomic mass is 32.2. The van der Waals surface area contributed by atoms with E-state index in [0.29, 0.717) is 11.0 Å². The number of nitrogens with one attached hydrogen (secondary N) is 1. The third-order valence-corrected chi connectivity index (χ3v) is 5.52. The minimum atomic E-state index is -0.307. The highest BCUT2D eigenvalue weighted by Crippen LogP contribution is 2.28. The van der Waals surface area contributed by atoms with Crippen molar-refractivity contribution in [1.29, 1.82) is 0 Å². The van der Waals surface area contributed by atoms with E-state index in [2.05, 4.69) is 29.4 Å². The average molecular weight is 441 g/mol. The number of benzene rings is 2. The summed E-state index contributed by atoms with van der Waals surface area (Å²) in [6.07, 6.45) is -0.307. The Hall–Kier alpha value is -3.00. The number of ether oxygens (including phenoxy) is 2. The lowest BCUT2D eigenvalue weighted by molar-refractivity contribution is -0.113. The van der Waals surface area contributed by atoms with Gasteiger partial charge in [-0.1, -0.05) is 23.9 Å². The van der Waals surface area contributed by atoms with E-state index in [1.807, 2.05) is 66.9 Å². The number of aromatic nitrogens is 3. The molecular weight excluding hydrogens is 412 g/mol. The largest absolute Gasteiger partial charge is 0.497 e. The molecule has 3 aromatic rings. The van der Waals surface area contributed by atoms with Gasteiger partial charge in [-0.2, -0.15) is 0 Å². The van der Waals surface area contributed by atoms with E-state index in [9.17, 15) is 4.79 Å². The van der Waals surface area contributed by atoms with Gasteiger partial charge in [0.15, 0.2) is 17.1 Å². The van der Waals surface area contributed by atoms with Crippen LogP contribution in [0.25, 0.3) is 0 Å². The summed E-state index contributed by atoms with van der Waals surface area (Å²) in [7, 11) is 1.63. The van der Waals surface area contributed by atoms with Crippen molar-refractivity contribution in [2.24, 2.45) is 0 Å². The van der Waals surface area contributed by atoms with Crippen LogP contribution >= 0.6 is 11.8 Å². The molecule has 0 bridgehead atoms. The monoisotopic (exact) mass is 440 g/mol. The summed E-state index contributed by atoms with van der Waals surface area (Å²) in [5.74, 6) is 2.36. The van der Waals surface area contributed by atoms with E-state index in [-0.39, 0.29) is 23.8 Å². The first kappa shape index (κ1) is 22.7. The number of nitrogens with zero attached hydrogens (tertiary/aromatic N) is 3. The second kappa shape index (κ2) is 10.3. The zero-order valence-corrected chi connectivity index (χ0v) is 19.3. The molecular formula is C23H28N4O3S. The van der Waals surface area contributed by atoms with Gasteiger partial charge < -0.3 is 19.4 Å². The summed E-state index contributed by atoms with van der Waals surface area (Å²) < 4.78 is 13.2. The zero-order valence-electron chi connectivity index (χ0n) is 18.5. The Morgan fingerprint density at radius 2 is 1.81 bits per heavy atom. The van der Waals surface area contributed by atoms with Crippen molar-refractivity contribution in [1.82, 2.24) is 14.8 Å². The molecule has 2 aromatic carbocycles. The van der Waals surface area contributed by atoms with Crippen molar-refractivity contribution in [3.63, 3.8) is 0 Å². The fraction of sp³-hybridized carbons (Fsp3) is 0.348. The highest BCUT2D eigenvalue weighted by Gasteiger charge is 2.22. The third kappa shape index (κ3) is 6.01. The second-order valence-electron chi connectivity index (χ2n) is 7.45. The summed E-state index contributed by atoms with van der Waals surface area (Å²) in [6.45, 7) is 8.05. The van der Waals surface area contributed by atoms with Gasteiger partial charge in [-0.15, -0.1) is 10.2 Å². The molecule has 1 aromatic heterocycles. The van der Waals surface area contributed by atoms with Gasteiger partial charge in [-0.3, -0.25) is 4.79 Å². The second-order valence-corrected chi connectivity index (χ2v) is 8.39. The predicted molar refractivity (Wildman–Crippen MR) is 123 cm³/mol. The molecule has 0 saturated heterocycles. The van der Waals surface area contributed by atoms with Crippen LogP contribution in [0.1, 0.15) is 44.3 Å². The number of hydrogen-bond acceptors (Lipinski definition) is 6. The van der Waals surface area contributed by atoms with E-state index in [1.165, 1.54) is 11.8 Å². The summed E-state index contributed by atoms with van der Waals surface area (Å²) in [5, 5.41) is 12.3. The molecule has 0 aliphatic carbocycles. The van der Waals surface area contributed by atoms with Gasteiger partial charge in [0.2, 0.25) is 5.91 Å². The molecule has 1 atom stereocenters. The minimum absolute atomic E-state index is 0.0852. The number of aryl methyl sites for hydroxylation is 1. The molecule has 3 rings (SSSR count). The Morgan fingerprint density at radius 1 is 1.10 bits per heavy atom. The van der Waals surface area contributed by atoms with E-state index in [1.54, 1.807) is 7.11 Å². The molecule has 31 heavy (non-hydrogen) atoms. The molecule has 1 N–H and O–H groups in total. The maximum absolute atomic E-state index is 12.4. The van der Waals surface area contributed by atoms with Gasteiger partial charge in [0.1, 0.15) is 11.5 Å². The summed E-state index contributed by atoms with van der Waals surface area (Å²) >= 11 is 1.36. The van der Waals surface area contributed by atoms with Gasteiger partial charge in [-0.05, 0) is 69.7 Å². The maximum Gasteiger partial charge on any atom is 0.234 e. The van der Waals surface area contributed by atoms with Gasteiger partial charge in [0.25, 0.3) is 0 Å². The number of methoxy groups -OCH3 is 1. The van der Waals surface area contributed by atoms with Crippen molar-refractivity contribution < 1.29 is 14.3 Å². The van der Waals surface area contributed by atoms with Crippen molar-refractivity contribution in [2.45, 2.75) is 45.0 Å². The van der Waals surface area contributed by atoms with Crippen LogP contribution in [-0.4, -0.2) is 33.5 Å². The third-order valence-electron chi connectivity index (χ3n) is 4.58. The molecule has 7 nitrogen and oxygen atoms in total. The molecule has 0 radical (unpaired) electrons. The van der Waals surface area contributed by atoms with Crippen LogP contribution in [0.3, 0.4) is 0 Å². The number of amides is 1. The Kier molecular flexibility index (Phi) is 7.57. The fourth-order valence-electron chi connectivity index (χ4n) is 3.11. The summed E-state index contributed by atoms with van der Waals surface area (Å²) in [4.78, 5) is 12.4. The van der Waals surface area contributed by atoms with Crippen molar-refractivity contribution in [2.75, 3.05) is 18.2 Å². The fourth-order valence-corrected chi connectivity index (χ4v) is 3.98. The normalized spacial score (nSPS) is 11.9. The first-order chi connectivity index (χ1) is 14.9. The smallest absolute Gasteiger partial charge is 0.234 e. The van der Waals surface area contributed by atoms with Crippen LogP contribution in [0.15, 0.2) is 53.7 Å². The first-order valence-corrected chi connectivity index (χ1v) is 11.1. The lowest BCUT2D eigenvalue weighted by Gasteiger charge is -2.19. The number of thioether (sulfide) groups is 1. The highest BCUT2D eigenvalue weighted by molar-refractivity contribution is 7.99. The van der Waals surface area contributed by atoms with Gasteiger partial charge in [0.05, 0.1) is 12.9 Å². The lowest BCUT2D eigenvalue weighted by Crippen LogP contribution is -2.16. The van der Waals surface area contributed by atoms with Gasteiger partial charge in [0, 0.05) is 11.7 Å². The number of carbonyl (C=O) groups is 1. The molecule has 0 aliphatic heterocycles. The molecule has 0 saturated carbocycles. The number of rotatable bonds is 9. The van der Waals surface area contributed by atoms with E-state index in [4.69, 9.17) is 9.47 Å². The van der Waals surface area contributed by atoms with Crippen LogP contribution in [-0.2, 0) is 4.79 Å². The molecule has 164 valence electrons. The minimum Gasteiger partial charge on any atom is -0.497 e. The SMILES string of the molecule is COc1ccc(OC(C)c2nnc(SCC(=O)Nc3cccc(C)c3)n2C(C)C)cc1. The Labute approximate surface area is 187 Å². The van der Waals surface area contributed by atoms with Crippen LogP contribution in [0.4, 0.5) is 5.69 Å². The standard InChI is InChI=1S/C23H28N4O3S/c1-15(2)27-22(17(4)30-20-11-9-19(29-5)10-12-20)25-26-23(27)31-14-21(28)24-18-8-6-7-16(3)13-18/h6-13,15,17H,14H2,1-5H3,(H,24,28). The van der Waals surface area contributed by atoms with Crippen molar-refractivity contribution in [3.8, 4) is 11.5 Å². The zero-order chi connectivity index (χ0) is 22.4. The Morgan fingerprint density at radius 3 is 2.45 bits per heavy atom. The molecule has 0 fully saturated rings. The van der Waals surface area contributed by atoms with E-state index < -0.39 is 0 Å². The maximum atomic E-state index is 12.4. The number of carbonyl (C=O) groups excluding carboxylic acids is 1. The van der Waals surface area contributed by atoms with Crippen LogP contribution in [0, 0.1) is 6.92 Å². The van der Waals surface area contributed by atoms with Crippen LogP contribution in [0.2, 0.25) is 0 Å². The van der Waals surface area contributed by atoms with Crippen molar-refractivity contribution in [3.05, 3.63) is 59.9 Å². The number of hydrogen-bond donors (Lipinski definition) is 1. The first-order valence-electron chi connectivity index (χ1n) is 10.1. The van der Waals surface area contributed by atoms with Crippen molar-refractivity contribution >= 4 is 23.4 Å². The Balaban J connectivity index is 1.67. The molecule has 1 amide bonds. The predicted octanol–water partition coefficient (Wildman–Crippen LogP) is 5.05. The van der Waals surface area contributed by atoms with Gasteiger partial charge >= 0.3 is 0 Å². The van der Waals surface area contributed by atoms with Crippen LogP contribution < -0.4 is 14.8 Å². The molecule has 8 heteroatoms. The topological polar surface area (TPSA) is 78.3 Å². The molecule has 0 spiro atoms. The molecule has 0 aliphatic rings. The quantitative estimate of drug-likeness (QED) is 0.469. The summed E-state index contributed by atoms with van der Waals surface area (Å²) in [5.41, 5.74) is 1.89. The van der Waals surface area contributed by atoms with Gasteiger partial charge in [-0.25, -0.2) is 0 Å². The van der Waals surface area contributed by atoms with E-state index >= 15 is 0 Å². The Bertz CT molecular complexity index is 1020. The summed E-state index contributed by atoms with van der Waals surface area (Å²) in [6, 6.07) is 15.3.